The van der Waals surface area contributed by atoms with E-state index in [0.717, 1.165) is 28.9 Å². The number of carbonyl (C=O) groups is 1. The maximum absolute atomic E-state index is 11.3. The molecule has 1 unspecified atom stereocenters. The molecule has 2 aromatic carbocycles. The van der Waals surface area contributed by atoms with Gasteiger partial charge < -0.3 is 23.9 Å². The molecular weight excluding hydrogens is 508 g/mol. The van der Waals surface area contributed by atoms with Gasteiger partial charge in [-0.25, -0.2) is 5.12 Å². The van der Waals surface area contributed by atoms with Gasteiger partial charge in [-0.05, 0) is 49.2 Å². The van der Waals surface area contributed by atoms with Crippen LogP contribution in [0.3, 0.4) is 0 Å². The Morgan fingerprint density at radius 3 is 2.68 bits per heavy atom. The van der Waals surface area contributed by atoms with Gasteiger partial charge in [0, 0.05) is 35.1 Å². The number of hydrogen-bond acceptors (Lipinski definition) is 7. The number of carboxylic acid groups (broad SMARTS) is 1. The predicted molar refractivity (Wildman–Crippen MR) is 144 cm³/mol. The fourth-order valence-electron chi connectivity index (χ4n) is 5.38. The minimum absolute atomic E-state index is 0.0313. The van der Waals surface area contributed by atoms with Crippen molar-refractivity contribution >= 4 is 23.8 Å². The minimum Gasteiger partial charge on any atom is -0.493 e. The Balaban J connectivity index is 1.51. The van der Waals surface area contributed by atoms with Gasteiger partial charge in [-0.3, -0.25) is 4.79 Å². The van der Waals surface area contributed by atoms with Gasteiger partial charge in [-0.1, -0.05) is 30.7 Å². The van der Waals surface area contributed by atoms with Gasteiger partial charge in [-0.15, -0.1) is 0 Å². The number of para-hydroxylation sites is 1. The van der Waals surface area contributed by atoms with E-state index in [4.69, 9.17) is 25.8 Å². The van der Waals surface area contributed by atoms with Crippen molar-refractivity contribution in [1.82, 2.24) is 14.7 Å². The first-order valence-electron chi connectivity index (χ1n) is 12.6. The first-order valence-corrected chi connectivity index (χ1v) is 13.0. The van der Waals surface area contributed by atoms with Crippen LogP contribution >= 0.6 is 11.6 Å². The molecule has 0 bridgehead atoms. The number of aromatic nitrogens is 1. The van der Waals surface area contributed by atoms with Crippen LogP contribution < -0.4 is 9.47 Å². The standard InChI is InChI=1S/C28H31ClN4O5/c1-4-32-19(16-30-33(32)17-26(34)35)11-13-24-23-8-6-14-31(23)22-12-10-18(29)15-21(22)27(38-24)20-7-5-9-25(36-2)28(20)37-3/h5-10,12,14-16,19,24,27H,4,11,13,17H2,1-3H3,(H,34,35)/t19?,24-,27-/m1/s1. The Morgan fingerprint density at radius 1 is 1.11 bits per heavy atom. The molecule has 0 aliphatic carbocycles. The molecule has 3 aromatic rings. The molecule has 38 heavy (non-hydrogen) atoms. The van der Waals surface area contributed by atoms with Gasteiger partial charge in [-0.2, -0.15) is 10.1 Å². The maximum atomic E-state index is 11.3. The third-order valence-electron chi connectivity index (χ3n) is 7.03. The summed E-state index contributed by atoms with van der Waals surface area (Å²) in [5, 5.41) is 17.7. The lowest BCUT2D eigenvalue weighted by molar-refractivity contribution is -0.144. The predicted octanol–water partition coefficient (Wildman–Crippen LogP) is 5.08. The largest absolute Gasteiger partial charge is 0.493 e. The number of methoxy groups -OCH3 is 2. The van der Waals surface area contributed by atoms with E-state index in [9.17, 15) is 9.90 Å². The summed E-state index contributed by atoms with van der Waals surface area (Å²) in [6, 6.07) is 15.7. The van der Waals surface area contributed by atoms with E-state index in [1.54, 1.807) is 14.2 Å². The molecule has 2 aliphatic heterocycles. The van der Waals surface area contributed by atoms with Crippen LogP contribution in [0, 0.1) is 0 Å². The lowest BCUT2D eigenvalue weighted by Crippen LogP contribution is -2.43. The average molecular weight is 539 g/mol. The Kier molecular flexibility index (Phi) is 7.60. The van der Waals surface area contributed by atoms with E-state index in [1.165, 1.54) is 5.12 Å². The molecule has 0 amide bonds. The first-order chi connectivity index (χ1) is 18.4. The summed E-state index contributed by atoms with van der Waals surface area (Å²) in [4.78, 5) is 11.3. The Hall–Kier alpha value is -3.53. The number of hydrazine groups is 1. The number of benzene rings is 2. The van der Waals surface area contributed by atoms with Crippen LogP contribution in [0.5, 0.6) is 11.5 Å². The van der Waals surface area contributed by atoms with E-state index < -0.39 is 12.1 Å². The van der Waals surface area contributed by atoms with Crippen LogP contribution in [0.15, 0.2) is 59.8 Å². The van der Waals surface area contributed by atoms with Crippen molar-refractivity contribution in [2.24, 2.45) is 5.10 Å². The smallest absolute Gasteiger partial charge is 0.326 e. The van der Waals surface area contributed by atoms with Crippen LogP contribution in [0.25, 0.3) is 5.69 Å². The number of nitrogens with zero attached hydrogens (tertiary/aromatic N) is 4. The summed E-state index contributed by atoms with van der Waals surface area (Å²) in [7, 11) is 3.24. The van der Waals surface area contributed by atoms with Crippen molar-refractivity contribution in [2.75, 3.05) is 27.3 Å². The topological polar surface area (TPSA) is 88.8 Å². The van der Waals surface area contributed by atoms with Crippen molar-refractivity contribution in [3.63, 3.8) is 0 Å². The second kappa shape index (κ2) is 11.1. The Bertz CT molecular complexity index is 1340. The minimum atomic E-state index is -0.919. The molecule has 5 rings (SSSR count). The van der Waals surface area contributed by atoms with E-state index >= 15 is 0 Å². The van der Waals surface area contributed by atoms with Crippen molar-refractivity contribution in [3.8, 4) is 17.2 Å². The molecule has 0 fully saturated rings. The first kappa shape index (κ1) is 26.1. The Labute approximate surface area is 226 Å². The summed E-state index contributed by atoms with van der Waals surface area (Å²) in [5.41, 5.74) is 3.78. The summed E-state index contributed by atoms with van der Waals surface area (Å²) in [6.07, 6.45) is 4.53. The highest BCUT2D eigenvalue weighted by atomic mass is 35.5. The Morgan fingerprint density at radius 2 is 1.95 bits per heavy atom. The van der Waals surface area contributed by atoms with Gasteiger partial charge in [0.05, 0.1) is 37.7 Å². The molecule has 10 heteroatoms. The number of fused-ring (bicyclic) bond motifs is 3. The molecule has 0 spiro atoms. The van der Waals surface area contributed by atoms with E-state index in [0.29, 0.717) is 29.5 Å². The number of halogens is 1. The highest BCUT2D eigenvalue weighted by Crippen LogP contribution is 2.46. The van der Waals surface area contributed by atoms with E-state index in [2.05, 4.69) is 15.7 Å². The quantitative estimate of drug-likeness (QED) is 0.406. The number of carboxylic acids is 1. The number of rotatable bonds is 9. The molecule has 200 valence electrons. The number of hydrogen-bond donors (Lipinski definition) is 1. The molecule has 0 saturated carbocycles. The average Bonchev–Trinajstić information content (AvgIpc) is 3.52. The second-order valence-electron chi connectivity index (χ2n) is 9.18. The van der Waals surface area contributed by atoms with Gasteiger partial charge in [0.1, 0.15) is 6.10 Å². The van der Waals surface area contributed by atoms with Crippen LogP contribution in [0.1, 0.15) is 48.8 Å². The van der Waals surface area contributed by atoms with Crippen LogP contribution in [-0.2, 0) is 9.53 Å². The van der Waals surface area contributed by atoms with Crippen molar-refractivity contribution < 1.29 is 24.1 Å². The lowest BCUT2D eigenvalue weighted by Gasteiger charge is -2.30. The van der Waals surface area contributed by atoms with Gasteiger partial charge in [0.25, 0.3) is 0 Å². The highest BCUT2D eigenvalue weighted by Gasteiger charge is 2.35. The molecule has 3 atom stereocenters. The third kappa shape index (κ3) is 4.84. The number of hydrazone groups is 1. The van der Waals surface area contributed by atoms with Crippen molar-refractivity contribution in [1.29, 1.82) is 0 Å². The van der Waals surface area contributed by atoms with Gasteiger partial charge >= 0.3 is 5.97 Å². The molecule has 1 aromatic heterocycles. The summed E-state index contributed by atoms with van der Waals surface area (Å²) >= 11 is 6.49. The van der Waals surface area contributed by atoms with E-state index in [-0.39, 0.29) is 18.7 Å². The molecule has 0 saturated heterocycles. The molecule has 2 aliphatic rings. The fourth-order valence-corrected chi connectivity index (χ4v) is 5.56. The monoisotopic (exact) mass is 538 g/mol. The zero-order valence-corrected chi connectivity index (χ0v) is 22.3. The zero-order valence-electron chi connectivity index (χ0n) is 21.6. The van der Waals surface area contributed by atoms with Crippen LogP contribution in [0.2, 0.25) is 5.02 Å². The summed E-state index contributed by atoms with van der Waals surface area (Å²) in [5.74, 6) is 0.315. The third-order valence-corrected chi connectivity index (χ3v) is 7.27. The summed E-state index contributed by atoms with van der Waals surface area (Å²) in [6.45, 7) is 2.47. The summed E-state index contributed by atoms with van der Waals surface area (Å²) < 4.78 is 20.5. The number of aliphatic carboxylic acids is 1. The van der Waals surface area contributed by atoms with Gasteiger partial charge in [0.15, 0.2) is 18.0 Å². The molecule has 3 heterocycles. The molecule has 9 nitrogen and oxygen atoms in total. The fraction of sp³-hybridized carbons (Fsp3) is 0.357. The molecule has 0 radical (unpaired) electrons. The SMILES string of the molecule is CCN1C(CC[C@H]2O[C@H](c3cccc(OC)c3OC)c3cc(Cl)ccc3-n3cccc32)C=NN1CC(=O)O. The second-order valence-corrected chi connectivity index (χ2v) is 9.62. The van der Waals surface area contributed by atoms with Crippen LogP contribution in [-0.4, -0.2) is 65.3 Å². The number of ether oxygens (including phenoxy) is 3. The maximum Gasteiger partial charge on any atom is 0.326 e. The highest BCUT2D eigenvalue weighted by molar-refractivity contribution is 6.30. The zero-order chi connectivity index (χ0) is 26.8. The lowest BCUT2D eigenvalue weighted by atomic mass is 9.98. The molecular formula is C28H31ClN4O5. The van der Waals surface area contributed by atoms with Crippen LogP contribution in [0.4, 0.5) is 0 Å². The van der Waals surface area contributed by atoms with Crippen molar-refractivity contribution in [2.45, 2.75) is 38.0 Å². The molecule has 1 N–H and O–H groups in total. The van der Waals surface area contributed by atoms with Crippen molar-refractivity contribution in [3.05, 3.63) is 76.6 Å². The van der Waals surface area contributed by atoms with Gasteiger partial charge in [0.2, 0.25) is 0 Å². The van der Waals surface area contributed by atoms with E-state index in [1.807, 2.05) is 66.8 Å². The normalized spacial score (nSPS) is 20.6.